The van der Waals surface area contributed by atoms with Crippen LogP contribution in [0, 0.1) is 0 Å². The summed E-state index contributed by atoms with van der Waals surface area (Å²) >= 11 is 1.73. The van der Waals surface area contributed by atoms with E-state index in [0.717, 1.165) is 16.8 Å². The Morgan fingerprint density at radius 2 is 1.56 bits per heavy atom. The molecule has 4 N–H and O–H groups in total. The molecule has 2 aromatic rings. The molecule has 0 radical (unpaired) electrons. The molecule has 5 heteroatoms. The number of hydrogen-bond donors (Lipinski definition) is 2. The Labute approximate surface area is 128 Å². The first kappa shape index (κ1) is 17.2. The molecular weight excluding hydrogens is 332 g/mol. The fourth-order valence-corrected chi connectivity index (χ4v) is 2.02. The summed E-state index contributed by atoms with van der Waals surface area (Å²) < 4.78 is 0. The summed E-state index contributed by atoms with van der Waals surface area (Å²) in [7, 11) is 0. The second-order valence-corrected chi connectivity index (χ2v) is 4.45. The number of hydrogen-bond acceptors (Lipinski definition) is 3. The molecule has 0 atom stereocenters. The first-order valence-electron chi connectivity index (χ1n) is 5.00. The van der Waals surface area contributed by atoms with Crippen LogP contribution < -0.4 is 11.5 Å². The predicted molar refractivity (Wildman–Crippen MR) is 90.1 cm³/mol. The van der Waals surface area contributed by atoms with E-state index in [1.807, 2.05) is 12.1 Å². The Kier molecular flexibility index (Phi) is 7.21. The molecule has 0 saturated carbocycles. The number of anilines is 2. The highest BCUT2D eigenvalue weighted by molar-refractivity contribution is 8.93. The van der Waals surface area contributed by atoms with Gasteiger partial charge in [0.05, 0.1) is 0 Å². The molecule has 0 fully saturated rings. The van der Waals surface area contributed by atoms with E-state index in [9.17, 15) is 0 Å². The van der Waals surface area contributed by atoms with Crippen molar-refractivity contribution in [1.82, 2.24) is 0 Å². The van der Waals surface area contributed by atoms with Crippen LogP contribution in [0.3, 0.4) is 0 Å². The van der Waals surface area contributed by atoms with Gasteiger partial charge in [-0.3, -0.25) is 0 Å². The van der Waals surface area contributed by atoms with Gasteiger partial charge in [0.25, 0.3) is 0 Å². The predicted octanol–water partition coefficient (Wildman–Crippen LogP) is 4.24. The lowest BCUT2D eigenvalue weighted by atomic mass is 10.0. The van der Waals surface area contributed by atoms with Gasteiger partial charge in [-0.25, -0.2) is 0 Å². The topological polar surface area (TPSA) is 52.0 Å². The van der Waals surface area contributed by atoms with Gasteiger partial charge in [-0.05, 0) is 36.1 Å². The number of benzene rings is 2. The summed E-state index contributed by atoms with van der Waals surface area (Å²) in [5.74, 6) is 0. The van der Waals surface area contributed by atoms with Crippen LogP contribution in [0.5, 0.6) is 0 Å². The smallest absolute Gasteiger partial charge is 0.0414 e. The maximum Gasteiger partial charge on any atom is 0.0414 e. The molecule has 0 spiro atoms. The molecule has 0 unspecified atom stereocenters. The third kappa shape index (κ3) is 3.83. The Balaban J connectivity index is 0.00000144. The van der Waals surface area contributed by atoms with Crippen molar-refractivity contribution in [2.45, 2.75) is 4.90 Å². The first-order chi connectivity index (χ1) is 7.70. The summed E-state index contributed by atoms with van der Waals surface area (Å²) in [6, 6.07) is 14.0. The lowest BCUT2D eigenvalue weighted by molar-refractivity contribution is 1.46. The van der Waals surface area contributed by atoms with Gasteiger partial charge in [-0.1, -0.05) is 18.2 Å². The minimum atomic E-state index is 0. The SMILES string of the molecule is Br.CSc1ccc(-c2ccc(N)cc2N)cc1.Cl. The van der Waals surface area contributed by atoms with Crippen molar-refractivity contribution in [2.24, 2.45) is 0 Å². The molecule has 0 aliphatic heterocycles. The first-order valence-corrected chi connectivity index (χ1v) is 6.22. The van der Waals surface area contributed by atoms with E-state index < -0.39 is 0 Å². The molecule has 2 nitrogen and oxygen atoms in total. The van der Waals surface area contributed by atoms with Crippen molar-refractivity contribution >= 4 is 52.5 Å². The molecule has 0 aromatic heterocycles. The van der Waals surface area contributed by atoms with E-state index in [2.05, 4.69) is 30.5 Å². The molecule has 0 bridgehead atoms. The number of rotatable bonds is 2. The zero-order valence-corrected chi connectivity index (χ0v) is 13.3. The number of nitrogens with two attached hydrogens (primary N) is 2. The minimum Gasteiger partial charge on any atom is -0.399 e. The summed E-state index contributed by atoms with van der Waals surface area (Å²) in [5.41, 5.74) is 15.2. The zero-order chi connectivity index (χ0) is 11.5. The van der Waals surface area contributed by atoms with Crippen LogP contribution in [0.4, 0.5) is 11.4 Å². The number of halogens is 2. The summed E-state index contributed by atoms with van der Waals surface area (Å²) in [5, 5.41) is 0. The molecule has 18 heavy (non-hydrogen) atoms. The van der Waals surface area contributed by atoms with Gasteiger partial charge in [-0.2, -0.15) is 0 Å². The summed E-state index contributed by atoms with van der Waals surface area (Å²) in [6.07, 6.45) is 2.06. The fraction of sp³-hybridized carbons (Fsp3) is 0.0769. The molecule has 0 amide bonds. The third-order valence-corrected chi connectivity index (χ3v) is 3.22. The summed E-state index contributed by atoms with van der Waals surface area (Å²) in [4.78, 5) is 1.25. The van der Waals surface area contributed by atoms with E-state index >= 15 is 0 Å². The molecular formula is C13H16BrClN2S. The van der Waals surface area contributed by atoms with Gasteiger partial charge < -0.3 is 11.5 Å². The van der Waals surface area contributed by atoms with Crippen LogP contribution in [0.1, 0.15) is 0 Å². The highest BCUT2D eigenvalue weighted by atomic mass is 79.9. The van der Waals surface area contributed by atoms with E-state index in [-0.39, 0.29) is 29.4 Å². The fourth-order valence-electron chi connectivity index (χ4n) is 1.61. The minimum absolute atomic E-state index is 0. The number of nitrogen functional groups attached to an aromatic ring is 2. The Hall–Kier alpha value is -0.840. The third-order valence-electron chi connectivity index (χ3n) is 2.48. The van der Waals surface area contributed by atoms with Crippen LogP contribution in [-0.4, -0.2) is 6.26 Å². The van der Waals surface area contributed by atoms with Gasteiger partial charge in [0.15, 0.2) is 0 Å². The molecule has 2 aromatic carbocycles. The van der Waals surface area contributed by atoms with Gasteiger partial charge in [-0.15, -0.1) is 41.2 Å². The molecule has 98 valence electrons. The van der Waals surface area contributed by atoms with E-state index in [0.29, 0.717) is 5.69 Å². The second-order valence-electron chi connectivity index (χ2n) is 3.58. The highest BCUT2D eigenvalue weighted by Crippen LogP contribution is 2.28. The monoisotopic (exact) mass is 346 g/mol. The second kappa shape index (κ2) is 7.56. The molecule has 0 saturated heterocycles. The largest absolute Gasteiger partial charge is 0.399 e. The zero-order valence-electron chi connectivity index (χ0n) is 9.92. The van der Waals surface area contributed by atoms with Crippen LogP contribution in [0.25, 0.3) is 11.1 Å². The van der Waals surface area contributed by atoms with Crippen molar-refractivity contribution in [2.75, 3.05) is 17.7 Å². The molecule has 0 aliphatic carbocycles. The van der Waals surface area contributed by atoms with Crippen LogP contribution in [-0.2, 0) is 0 Å². The van der Waals surface area contributed by atoms with Crippen molar-refractivity contribution in [3.05, 3.63) is 42.5 Å². The van der Waals surface area contributed by atoms with Crippen LogP contribution in [0.2, 0.25) is 0 Å². The van der Waals surface area contributed by atoms with Crippen molar-refractivity contribution in [3.8, 4) is 11.1 Å². The molecule has 0 heterocycles. The van der Waals surface area contributed by atoms with Gasteiger partial charge in [0.2, 0.25) is 0 Å². The lowest BCUT2D eigenvalue weighted by Gasteiger charge is -2.07. The molecule has 2 rings (SSSR count). The van der Waals surface area contributed by atoms with Gasteiger partial charge >= 0.3 is 0 Å². The van der Waals surface area contributed by atoms with Crippen LogP contribution in [0.15, 0.2) is 47.4 Å². The maximum atomic E-state index is 5.94. The average Bonchev–Trinajstić information content (AvgIpc) is 2.29. The Morgan fingerprint density at radius 3 is 2.06 bits per heavy atom. The van der Waals surface area contributed by atoms with Gasteiger partial charge in [0, 0.05) is 21.8 Å². The van der Waals surface area contributed by atoms with E-state index in [1.165, 1.54) is 4.90 Å². The highest BCUT2D eigenvalue weighted by Gasteiger charge is 2.02. The van der Waals surface area contributed by atoms with Crippen LogP contribution >= 0.6 is 41.2 Å². The van der Waals surface area contributed by atoms with E-state index in [4.69, 9.17) is 11.5 Å². The number of thioether (sulfide) groups is 1. The standard InChI is InChI=1S/C13H14N2S.BrH.ClH/c1-16-11-5-2-9(3-6-11)12-7-4-10(14)8-13(12)15;;/h2-8H,14-15H2,1H3;2*1H. The van der Waals surface area contributed by atoms with E-state index in [1.54, 1.807) is 17.8 Å². The lowest BCUT2D eigenvalue weighted by Crippen LogP contribution is -1.92. The van der Waals surface area contributed by atoms with Crippen molar-refractivity contribution < 1.29 is 0 Å². The Morgan fingerprint density at radius 1 is 0.944 bits per heavy atom. The normalized spacial score (nSPS) is 9.17. The maximum absolute atomic E-state index is 5.94. The van der Waals surface area contributed by atoms with Gasteiger partial charge in [0.1, 0.15) is 0 Å². The average molecular weight is 348 g/mol. The quantitative estimate of drug-likeness (QED) is 0.631. The van der Waals surface area contributed by atoms with Crippen molar-refractivity contribution in [1.29, 1.82) is 0 Å². The Bertz CT molecular complexity index is 503. The summed E-state index contributed by atoms with van der Waals surface area (Å²) in [6.45, 7) is 0. The molecule has 0 aliphatic rings. The van der Waals surface area contributed by atoms with Crippen molar-refractivity contribution in [3.63, 3.8) is 0 Å².